The van der Waals surface area contributed by atoms with Crippen LogP contribution in [-0.4, -0.2) is 6.54 Å². The van der Waals surface area contributed by atoms with Gasteiger partial charge in [0.05, 0.1) is 6.04 Å². The van der Waals surface area contributed by atoms with Gasteiger partial charge in [0.25, 0.3) is 0 Å². The molecule has 1 aromatic carbocycles. The van der Waals surface area contributed by atoms with Crippen molar-refractivity contribution >= 4 is 0 Å². The number of nitrogens with one attached hydrogen (secondary N) is 1. The van der Waals surface area contributed by atoms with E-state index in [1.165, 1.54) is 12.8 Å². The van der Waals surface area contributed by atoms with E-state index in [1.807, 2.05) is 38.1 Å². The molecule has 1 fully saturated rings. The van der Waals surface area contributed by atoms with Crippen LogP contribution in [0, 0.1) is 18.7 Å². The normalized spacial score (nSPS) is 17.2. The highest BCUT2D eigenvalue weighted by molar-refractivity contribution is 5.38. The zero-order valence-corrected chi connectivity index (χ0v) is 12.9. The quantitative estimate of drug-likeness (QED) is 0.705. The van der Waals surface area contributed by atoms with Crippen LogP contribution < -0.4 is 5.32 Å². The molecule has 1 atom stereocenters. The monoisotopic (exact) mass is 285 g/mol. The van der Waals surface area contributed by atoms with E-state index >= 15 is 0 Å². The maximum Gasteiger partial charge on any atom is 0.126 e. The minimum absolute atomic E-state index is 0.0825. The second-order valence-corrected chi connectivity index (χ2v) is 5.70. The molecular formula is C19H24FN. The van der Waals surface area contributed by atoms with Crippen LogP contribution in [0.1, 0.15) is 36.9 Å². The highest BCUT2D eigenvalue weighted by Gasteiger charge is 2.23. The van der Waals surface area contributed by atoms with Crippen LogP contribution in [0.15, 0.2) is 54.7 Å². The Balaban J connectivity index is 2.30. The molecule has 0 aromatic heterocycles. The minimum Gasteiger partial charge on any atom is -0.306 e. The van der Waals surface area contributed by atoms with Crippen LogP contribution in [0.3, 0.4) is 0 Å². The Bertz CT molecular complexity index is 553. The Labute approximate surface area is 127 Å². The number of benzene rings is 1. The molecule has 1 nitrogen and oxygen atoms in total. The van der Waals surface area contributed by atoms with Crippen LogP contribution >= 0.6 is 0 Å². The Morgan fingerprint density at radius 2 is 2.24 bits per heavy atom. The molecule has 0 radical (unpaired) electrons. The van der Waals surface area contributed by atoms with Gasteiger partial charge in [0, 0.05) is 0 Å². The molecule has 2 heteroatoms. The number of hydrogen-bond donors (Lipinski definition) is 1. The SMILES string of the molecule is C=C/C=C(\C=C/C)C(NCC1CC1)c1ccc(F)c(C)c1. The number of aryl methyl sites for hydroxylation is 1. The van der Waals surface area contributed by atoms with Gasteiger partial charge >= 0.3 is 0 Å². The topological polar surface area (TPSA) is 12.0 Å². The zero-order valence-electron chi connectivity index (χ0n) is 12.9. The maximum absolute atomic E-state index is 13.5. The van der Waals surface area contributed by atoms with Crippen molar-refractivity contribution in [2.45, 2.75) is 32.7 Å². The summed E-state index contributed by atoms with van der Waals surface area (Å²) in [6.07, 6.45) is 10.6. The molecule has 0 aliphatic heterocycles. The predicted octanol–water partition coefficient (Wildman–Crippen LogP) is 4.86. The van der Waals surface area contributed by atoms with E-state index in [1.54, 1.807) is 12.1 Å². The molecule has 2 rings (SSSR count). The van der Waals surface area contributed by atoms with Crippen LogP contribution in [0.2, 0.25) is 0 Å². The van der Waals surface area contributed by atoms with Gasteiger partial charge in [-0.15, -0.1) is 0 Å². The molecule has 0 bridgehead atoms. The largest absolute Gasteiger partial charge is 0.306 e. The molecule has 21 heavy (non-hydrogen) atoms. The smallest absolute Gasteiger partial charge is 0.126 e. The van der Waals surface area contributed by atoms with E-state index in [4.69, 9.17) is 0 Å². The van der Waals surface area contributed by atoms with E-state index in [0.717, 1.165) is 23.6 Å². The lowest BCUT2D eigenvalue weighted by atomic mass is 9.96. The summed E-state index contributed by atoms with van der Waals surface area (Å²) in [5, 5.41) is 3.62. The minimum atomic E-state index is -0.153. The average Bonchev–Trinajstić information content (AvgIpc) is 3.27. The lowest BCUT2D eigenvalue weighted by Gasteiger charge is -2.21. The summed E-state index contributed by atoms with van der Waals surface area (Å²) in [5.74, 6) is 0.643. The van der Waals surface area contributed by atoms with Crippen molar-refractivity contribution in [3.8, 4) is 0 Å². The number of halogens is 1. The first-order valence-electron chi connectivity index (χ1n) is 7.60. The van der Waals surface area contributed by atoms with Crippen molar-refractivity contribution < 1.29 is 4.39 Å². The van der Waals surface area contributed by atoms with Gasteiger partial charge in [0.15, 0.2) is 0 Å². The molecule has 1 aliphatic rings. The number of allylic oxidation sites excluding steroid dienone is 3. The highest BCUT2D eigenvalue weighted by Crippen LogP contribution is 2.30. The number of hydrogen-bond acceptors (Lipinski definition) is 1. The fourth-order valence-corrected chi connectivity index (χ4v) is 2.46. The lowest BCUT2D eigenvalue weighted by molar-refractivity contribution is 0.568. The molecule has 0 saturated heterocycles. The average molecular weight is 285 g/mol. The summed E-state index contributed by atoms with van der Waals surface area (Å²) < 4.78 is 13.5. The van der Waals surface area contributed by atoms with Gasteiger partial charge in [0.2, 0.25) is 0 Å². The van der Waals surface area contributed by atoms with Crippen molar-refractivity contribution in [1.82, 2.24) is 5.32 Å². The van der Waals surface area contributed by atoms with Crippen LogP contribution in [0.25, 0.3) is 0 Å². The standard InChI is InChI=1S/C19H24FN/c1-4-6-16(7-5-2)19(21-13-15-8-9-15)17-10-11-18(20)14(3)12-17/h4-7,10-12,15,19,21H,1,8-9,13H2,2-3H3/b7-5-,16-6+. The molecule has 1 N–H and O–H groups in total. The van der Waals surface area contributed by atoms with E-state index in [0.29, 0.717) is 5.56 Å². The first-order chi connectivity index (χ1) is 10.2. The summed E-state index contributed by atoms with van der Waals surface area (Å²) in [6, 6.07) is 5.43. The third-order valence-corrected chi connectivity index (χ3v) is 3.83. The maximum atomic E-state index is 13.5. The van der Waals surface area contributed by atoms with Crippen LogP contribution in [0.4, 0.5) is 4.39 Å². The lowest BCUT2D eigenvalue weighted by Crippen LogP contribution is -2.25. The summed E-state index contributed by atoms with van der Waals surface area (Å²) in [5.41, 5.74) is 2.93. The van der Waals surface area contributed by atoms with Gasteiger partial charge < -0.3 is 5.32 Å². The summed E-state index contributed by atoms with van der Waals surface area (Å²) in [6.45, 7) is 8.62. The fraction of sp³-hybridized carbons (Fsp3) is 0.368. The zero-order chi connectivity index (χ0) is 15.2. The molecule has 0 spiro atoms. The first kappa shape index (κ1) is 15.7. The Kier molecular flexibility index (Phi) is 5.51. The fourth-order valence-electron chi connectivity index (χ4n) is 2.46. The van der Waals surface area contributed by atoms with E-state index in [-0.39, 0.29) is 11.9 Å². The number of rotatable bonds is 7. The first-order valence-corrected chi connectivity index (χ1v) is 7.60. The van der Waals surface area contributed by atoms with E-state index in [2.05, 4.69) is 18.0 Å². The summed E-state index contributed by atoms with van der Waals surface area (Å²) >= 11 is 0. The molecule has 1 unspecified atom stereocenters. The molecule has 1 saturated carbocycles. The van der Waals surface area contributed by atoms with Crippen molar-refractivity contribution in [1.29, 1.82) is 0 Å². The van der Waals surface area contributed by atoms with Gasteiger partial charge in [-0.25, -0.2) is 4.39 Å². The molecule has 112 valence electrons. The Morgan fingerprint density at radius 1 is 1.48 bits per heavy atom. The summed E-state index contributed by atoms with van der Waals surface area (Å²) in [7, 11) is 0. The van der Waals surface area contributed by atoms with E-state index < -0.39 is 0 Å². The van der Waals surface area contributed by atoms with Gasteiger partial charge in [-0.1, -0.05) is 43.0 Å². The van der Waals surface area contributed by atoms with Crippen molar-refractivity contribution in [3.05, 3.63) is 71.6 Å². The predicted molar refractivity (Wildman–Crippen MR) is 87.7 cm³/mol. The Morgan fingerprint density at radius 3 is 2.81 bits per heavy atom. The Hall–Kier alpha value is -1.67. The van der Waals surface area contributed by atoms with Crippen molar-refractivity contribution in [2.24, 2.45) is 5.92 Å². The van der Waals surface area contributed by atoms with Gasteiger partial charge in [0.1, 0.15) is 5.82 Å². The van der Waals surface area contributed by atoms with Gasteiger partial charge in [-0.05, 0) is 61.9 Å². The van der Waals surface area contributed by atoms with Crippen LogP contribution in [0.5, 0.6) is 0 Å². The van der Waals surface area contributed by atoms with Crippen LogP contribution in [-0.2, 0) is 0 Å². The summed E-state index contributed by atoms with van der Waals surface area (Å²) in [4.78, 5) is 0. The van der Waals surface area contributed by atoms with Crippen molar-refractivity contribution in [2.75, 3.05) is 6.54 Å². The van der Waals surface area contributed by atoms with Crippen molar-refractivity contribution in [3.63, 3.8) is 0 Å². The second kappa shape index (κ2) is 7.37. The van der Waals surface area contributed by atoms with Gasteiger partial charge in [-0.3, -0.25) is 0 Å². The second-order valence-electron chi connectivity index (χ2n) is 5.70. The molecule has 0 heterocycles. The van der Waals surface area contributed by atoms with E-state index in [9.17, 15) is 4.39 Å². The molecule has 0 amide bonds. The third-order valence-electron chi connectivity index (χ3n) is 3.83. The van der Waals surface area contributed by atoms with Gasteiger partial charge in [-0.2, -0.15) is 0 Å². The highest BCUT2D eigenvalue weighted by atomic mass is 19.1. The molecule has 1 aromatic rings. The third kappa shape index (κ3) is 4.40. The molecular weight excluding hydrogens is 261 g/mol. The molecule has 1 aliphatic carbocycles.